The van der Waals surface area contributed by atoms with E-state index in [4.69, 9.17) is 4.74 Å². The quantitative estimate of drug-likeness (QED) is 0.331. The molecule has 2 aromatic rings. The van der Waals surface area contributed by atoms with E-state index < -0.39 is 28.3 Å². The Labute approximate surface area is 156 Å². The first-order valence-corrected chi connectivity index (χ1v) is 7.65. The maximum absolute atomic E-state index is 12.7. The molecule has 0 amide bonds. The lowest BCUT2D eigenvalue weighted by Gasteiger charge is -2.08. The second-order valence-electron chi connectivity index (χ2n) is 5.29. The molecule has 148 valence electrons. The molecule has 0 fully saturated rings. The molecule has 0 radical (unpaired) electrons. The molecule has 0 saturated carbocycles. The van der Waals surface area contributed by atoms with Gasteiger partial charge in [0.2, 0.25) is 0 Å². The number of hydrogen-bond donors (Lipinski definition) is 1. The number of nitro groups is 1. The molecule has 28 heavy (non-hydrogen) atoms. The summed E-state index contributed by atoms with van der Waals surface area (Å²) in [6.07, 6.45) is -3.38. The molecule has 0 bridgehead atoms. The van der Waals surface area contributed by atoms with E-state index in [1.807, 2.05) is 0 Å². The van der Waals surface area contributed by atoms with Crippen molar-refractivity contribution in [2.45, 2.75) is 6.18 Å². The molecule has 0 unspecified atom stereocenters. The first-order valence-electron chi connectivity index (χ1n) is 7.65. The standard InChI is InChI=1S/C17H14F3N3O5/c1-27-16(24)10-28-13-5-2-11(3-6-13)9-21-22-14-7-4-12(17(18,19)20)8-15(14)23(25)26/h2-9,22H,10H2,1H3/b21-9-. The van der Waals surface area contributed by atoms with E-state index in [1.165, 1.54) is 13.3 Å². The number of benzene rings is 2. The lowest BCUT2D eigenvalue weighted by atomic mass is 10.1. The van der Waals surface area contributed by atoms with Crippen LogP contribution in [0.2, 0.25) is 0 Å². The molecule has 11 heteroatoms. The summed E-state index contributed by atoms with van der Waals surface area (Å²) >= 11 is 0. The van der Waals surface area contributed by atoms with Gasteiger partial charge in [-0.05, 0) is 42.0 Å². The van der Waals surface area contributed by atoms with Crippen molar-refractivity contribution in [2.24, 2.45) is 5.10 Å². The number of nitrogens with one attached hydrogen (secondary N) is 1. The summed E-state index contributed by atoms with van der Waals surface area (Å²) < 4.78 is 47.6. The number of carbonyl (C=O) groups is 1. The highest BCUT2D eigenvalue weighted by Crippen LogP contribution is 2.34. The fraction of sp³-hybridized carbons (Fsp3) is 0.176. The number of rotatable bonds is 7. The number of methoxy groups -OCH3 is 1. The largest absolute Gasteiger partial charge is 0.482 e. The smallest absolute Gasteiger partial charge is 0.416 e. The number of halogens is 3. The van der Waals surface area contributed by atoms with E-state index in [-0.39, 0.29) is 12.3 Å². The number of nitrogens with zero attached hydrogens (tertiary/aromatic N) is 2. The van der Waals surface area contributed by atoms with Gasteiger partial charge in [-0.3, -0.25) is 15.5 Å². The van der Waals surface area contributed by atoms with Crippen LogP contribution in [-0.4, -0.2) is 30.8 Å². The van der Waals surface area contributed by atoms with Gasteiger partial charge < -0.3 is 9.47 Å². The van der Waals surface area contributed by atoms with Gasteiger partial charge in [-0.15, -0.1) is 0 Å². The van der Waals surface area contributed by atoms with Gasteiger partial charge in [0.15, 0.2) is 6.61 Å². The second-order valence-corrected chi connectivity index (χ2v) is 5.29. The lowest BCUT2D eigenvalue weighted by molar-refractivity contribution is -0.384. The van der Waals surface area contributed by atoms with Gasteiger partial charge in [0.1, 0.15) is 11.4 Å². The molecule has 2 rings (SSSR count). The van der Waals surface area contributed by atoms with Crippen molar-refractivity contribution in [1.82, 2.24) is 0 Å². The molecule has 0 aliphatic heterocycles. The molecule has 0 spiro atoms. The van der Waals surface area contributed by atoms with Crippen molar-refractivity contribution >= 4 is 23.6 Å². The zero-order chi connectivity index (χ0) is 20.7. The third kappa shape index (κ3) is 5.69. The zero-order valence-electron chi connectivity index (χ0n) is 14.4. The minimum Gasteiger partial charge on any atom is -0.482 e. The summed E-state index contributed by atoms with van der Waals surface area (Å²) in [5, 5.41) is 14.8. The number of esters is 1. The van der Waals surface area contributed by atoms with Crippen molar-refractivity contribution < 1.29 is 32.4 Å². The number of ether oxygens (including phenoxy) is 2. The van der Waals surface area contributed by atoms with Gasteiger partial charge in [0, 0.05) is 6.07 Å². The monoisotopic (exact) mass is 397 g/mol. The van der Waals surface area contributed by atoms with Crippen LogP contribution in [0.25, 0.3) is 0 Å². The highest BCUT2D eigenvalue weighted by atomic mass is 19.4. The lowest BCUT2D eigenvalue weighted by Crippen LogP contribution is -2.12. The fourth-order valence-corrected chi connectivity index (χ4v) is 1.98. The summed E-state index contributed by atoms with van der Waals surface area (Å²) in [4.78, 5) is 21.1. The van der Waals surface area contributed by atoms with Gasteiger partial charge in [-0.25, -0.2) is 4.79 Å². The van der Waals surface area contributed by atoms with Crippen LogP contribution < -0.4 is 10.2 Å². The predicted molar refractivity (Wildman–Crippen MR) is 93.3 cm³/mol. The Balaban J connectivity index is 2.06. The van der Waals surface area contributed by atoms with Gasteiger partial charge >= 0.3 is 12.1 Å². The van der Waals surface area contributed by atoms with Crippen LogP contribution in [0.1, 0.15) is 11.1 Å². The number of alkyl halides is 3. The van der Waals surface area contributed by atoms with Gasteiger partial charge in [-0.2, -0.15) is 18.3 Å². The Hall–Kier alpha value is -3.63. The zero-order valence-corrected chi connectivity index (χ0v) is 14.4. The van der Waals surface area contributed by atoms with E-state index in [9.17, 15) is 28.1 Å². The first-order chi connectivity index (χ1) is 13.2. The Kier molecular flexibility index (Phi) is 6.53. The van der Waals surface area contributed by atoms with E-state index in [2.05, 4.69) is 15.3 Å². The average Bonchev–Trinajstić information content (AvgIpc) is 2.66. The first kappa shape index (κ1) is 20.7. The number of anilines is 1. The van der Waals surface area contributed by atoms with E-state index in [1.54, 1.807) is 24.3 Å². The van der Waals surface area contributed by atoms with E-state index in [0.717, 1.165) is 12.1 Å². The van der Waals surface area contributed by atoms with Gasteiger partial charge in [0.05, 0.1) is 23.8 Å². The molecule has 0 atom stereocenters. The Morgan fingerprint density at radius 2 is 1.93 bits per heavy atom. The maximum atomic E-state index is 12.7. The highest BCUT2D eigenvalue weighted by Gasteiger charge is 2.33. The Bertz CT molecular complexity index is 883. The van der Waals surface area contributed by atoms with Crippen molar-refractivity contribution in [3.8, 4) is 5.75 Å². The SMILES string of the molecule is COC(=O)COc1ccc(/C=N\Nc2ccc(C(F)(F)F)cc2[N+](=O)[O-])cc1. The molecule has 0 aliphatic carbocycles. The van der Waals surface area contributed by atoms with E-state index in [0.29, 0.717) is 17.4 Å². The van der Waals surface area contributed by atoms with Crippen LogP contribution in [0.5, 0.6) is 5.75 Å². The average molecular weight is 397 g/mol. The molecule has 8 nitrogen and oxygen atoms in total. The van der Waals surface area contributed by atoms with Crippen LogP contribution in [0.15, 0.2) is 47.6 Å². The third-order valence-electron chi connectivity index (χ3n) is 3.38. The van der Waals surface area contributed by atoms with Gasteiger partial charge in [-0.1, -0.05) is 0 Å². The van der Waals surface area contributed by atoms with Crippen molar-refractivity contribution in [1.29, 1.82) is 0 Å². The van der Waals surface area contributed by atoms with Crippen molar-refractivity contribution in [3.63, 3.8) is 0 Å². The summed E-state index contributed by atoms with van der Waals surface area (Å²) in [6.45, 7) is -0.247. The Morgan fingerprint density at radius 3 is 2.50 bits per heavy atom. The molecule has 0 heterocycles. The topological polar surface area (TPSA) is 103 Å². The number of hydrazone groups is 1. The van der Waals surface area contributed by atoms with E-state index >= 15 is 0 Å². The fourth-order valence-electron chi connectivity index (χ4n) is 1.98. The molecular weight excluding hydrogens is 383 g/mol. The second kappa shape index (κ2) is 8.84. The van der Waals surface area contributed by atoms with Crippen LogP contribution in [0, 0.1) is 10.1 Å². The summed E-state index contributed by atoms with van der Waals surface area (Å²) in [7, 11) is 1.24. The van der Waals surface area contributed by atoms with Crippen LogP contribution in [0.3, 0.4) is 0 Å². The summed E-state index contributed by atoms with van der Waals surface area (Å²) in [5.74, 6) is -0.123. The maximum Gasteiger partial charge on any atom is 0.416 e. The summed E-state index contributed by atoms with van der Waals surface area (Å²) in [6, 6.07) is 8.40. The molecular formula is C17H14F3N3O5. The minimum atomic E-state index is -4.69. The predicted octanol–water partition coefficient (Wildman–Crippen LogP) is 3.61. The van der Waals surface area contributed by atoms with Crippen molar-refractivity contribution in [2.75, 3.05) is 19.1 Å². The number of nitro benzene ring substituents is 1. The minimum absolute atomic E-state index is 0.188. The number of carbonyl (C=O) groups excluding carboxylic acids is 1. The molecule has 2 aromatic carbocycles. The molecule has 0 aromatic heterocycles. The number of hydrogen-bond acceptors (Lipinski definition) is 7. The summed E-state index contributed by atoms with van der Waals surface area (Å²) in [5.41, 5.74) is 0.861. The molecule has 1 N–H and O–H groups in total. The third-order valence-corrected chi connectivity index (χ3v) is 3.38. The van der Waals surface area contributed by atoms with Crippen LogP contribution in [0.4, 0.5) is 24.5 Å². The van der Waals surface area contributed by atoms with Crippen molar-refractivity contribution in [3.05, 3.63) is 63.7 Å². The van der Waals surface area contributed by atoms with Gasteiger partial charge in [0.25, 0.3) is 5.69 Å². The molecule has 0 aliphatic rings. The molecule has 0 saturated heterocycles. The van der Waals surface area contributed by atoms with Crippen LogP contribution in [-0.2, 0) is 15.7 Å². The van der Waals surface area contributed by atoms with Crippen LogP contribution >= 0.6 is 0 Å². The normalized spacial score (nSPS) is 11.3. The highest BCUT2D eigenvalue weighted by molar-refractivity contribution is 5.81. The Morgan fingerprint density at radius 1 is 1.25 bits per heavy atom.